The predicted molar refractivity (Wildman–Crippen MR) is 86.3 cm³/mol. The van der Waals surface area contributed by atoms with Crippen molar-refractivity contribution in [1.29, 1.82) is 0 Å². The molecule has 1 N–H and O–H groups in total. The molecule has 24 heavy (non-hydrogen) atoms. The molecule has 130 valence electrons. The van der Waals surface area contributed by atoms with Crippen molar-refractivity contribution in [1.82, 2.24) is 24.5 Å². The van der Waals surface area contributed by atoms with Crippen LogP contribution in [-0.4, -0.2) is 55.2 Å². The molecule has 0 aromatic carbocycles. The fourth-order valence-corrected chi connectivity index (χ4v) is 2.92. The topological polar surface area (TPSA) is 85.4 Å². The van der Waals surface area contributed by atoms with E-state index in [4.69, 9.17) is 4.74 Å². The van der Waals surface area contributed by atoms with Gasteiger partial charge in [-0.15, -0.1) is 0 Å². The fraction of sp³-hybridized carbons (Fsp3) is 0.562. The highest BCUT2D eigenvalue weighted by molar-refractivity contribution is 5.92. The molecule has 3 heterocycles. The van der Waals surface area contributed by atoms with E-state index in [0.717, 1.165) is 11.4 Å². The van der Waals surface area contributed by atoms with E-state index in [1.807, 2.05) is 30.7 Å². The third kappa shape index (κ3) is 3.34. The summed E-state index contributed by atoms with van der Waals surface area (Å²) in [7, 11) is 0. The van der Waals surface area contributed by atoms with Crippen LogP contribution in [0.25, 0.3) is 0 Å². The summed E-state index contributed by atoms with van der Waals surface area (Å²) >= 11 is 0. The largest absolute Gasteiger partial charge is 0.390 e. The van der Waals surface area contributed by atoms with E-state index in [1.54, 1.807) is 9.58 Å². The Hall–Kier alpha value is -2.19. The fourth-order valence-electron chi connectivity index (χ4n) is 2.92. The van der Waals surface area contributed by atoms with Crippen molar-refractivity contribution in [2.45, 2.75) is 40.1 Å². The van der Waals surface area contributed by atoms with E-state index in [1.165, 1.54) is 0 Å². The maximum atomic E-state index is 12.9. The van der Waals surface area contributed by atoms with Gasteiger partial charge in [0.15, 0.2) is 0 Å². The van der Waals surface area contributed by atoms with E-state index in [9.17, 15) is 9.90 Å². The monoisotopic (exact) mass is 333 g/mol. The number of carbonyl (C=O) groups excluding carboxylic acids is 1. The number of rotatable bonds is 6. The van der Waals surface area contributed by atoms with Crippen molar-refractivity contribution in [2.24, 2.45) is 0 Å². The van der Waals surface area contributed by atoms with Gasteiger partial charge in [-0.25, -0.2) is 0 Å². The molecule has 1 aliphatic rings. The Bertz CT molecular complexity index is 721. The number of ether oxygens (including phenoxy) is 1. The molecule has 0 unspecified atom stereocenters. The molecule has 0 saturated carbocycles. The minimum absolute atomic E-state index is 0.0369. The normalized spacial score (nSPS) is 14.0. The second-order valence-corrected chi connectivity index (χ2v) is 5.83. The molecular formula is C16H23N5O3. The second kappa shape index (κ2) is 7.14. The van der Waals surface area contributed by atoms with Gasteiger partial charge in [-0.05, 0) is 26.0 Å². The number of nitrogens with zero attached hydrogens (tertiary/aromatic N) is 5. The first-order chi connectivity index (χ1) is 11.6. The number of carbonyl (C=O) groups is 1. The second-order valence-electron chi connectivity index (χ2n) is 5.83. The SMILES string of the molecule is CCOCCn1nc(C)cc1C(=O)N1CCn2nc(CO)cc2C1. The van der Waals surface area contributed by atoms with Gasteiger partial charge in [0.2, 0.25) is 0 Å². The van der Waals surface area contributed by atoms with Gasteiger partial charge in [0.25, 0.3) is 5.91 Å². The smallest absolute Gasteiger partial charge is 0.272 e. The minimum atomic E-state index is -0.0860. The van der Waals surface area contributed by atoms with Crippen LogP contribution in [0.4, 0.5) is 0 Å². The van der Waals surface area contributed by atoms with Gasteiger partial charge >= 0.3 is 0 Å². The van der Waals surface area contributed by atoms with Gasteiger partial charge in [0.1, 0.15) is 5.69 Å². The van der Waals surface area contributed by atoms with Crippen LogP contribution in [-0.2, 0) is 31.0 Å². The Morgan fingerprint density at radius 2 is 2.17 bits per heavy atom. The van der Waals surface area contributed by atoms with E-state index in [0.29, 0.717) is 50.8 Å². The summed E-state index contributed by atoms with van der Waals surface area (Å²) in [5.74, 6) is -0.0369. The molecule has 0 radical (unpaired) electrons. The molecule has 1 amide bonds. The first-order valence-electron chi connectivity index (χ1n) is 8.20. The quantitative estimate of drug-likeness (QED) is 0.781. The molecule has 0 spiro atoms. The molecule has 0 bridgehead atoms. The molecule has 2 aromatic rings. The zero-order valence-corrected chi connectivity index (χ0v) is 14.1. The van der Waals surface area contributed by atoms with E-state index < -0.39 is 0 Å². The number of aliphatic hydroxyl groups is 1. The highest BCUT2D eigenvalue weighted by Crippen LogP contribution is 2.17. The Morgan fingerprint density at radius 3 is 2.92 bits per heavy atom. The zero-order chi connectivity index (χ0) is 17.1. The number of hydrogen-bond donors (Lipinski definition) is 1. The number of aryl methyl sites for hydroxylation is 1. The number of hydrogen-bond acceptors (Lipinski definition) is 5. The molecular weight excluding hydrogens is 310 g/mol. The first kappa shape index (κ1) is 16.7. The average Bonchev–Trinajstić information content (AvgIpc) is 3.16. The van der Waals surface area contributed by atoms with Gasteiger partial charge in [-0.1, -0.05) is 0 Å². The third-order valence-corrected chi connectivity index (χ3v) is 4.07. The molecule has 0 atom stereocenters. The Morgan fingerprint density at radius 1 is 1.33 bits per heavy atom. The Labute approximate surface area is 140 Å². The van der Waals surface area contributed by atoms with Crippen LogP contribution in [0.15, 0.2) is 12.1 Å². The standard InChI is InChI=1S/C16H23N5O3/c1-3-24-7-6-21-15(8-12(2)17-21)16(23)19-4-5-20-14(10-19)9-13(11-22)18-20/h8-9,22H,3-7,10-11H2,1-2H3. The molecule has 8 nitrogen and oxygen atoms in total. The summed E-state index contributed by atoms with van der Waals surface area (Å²) in [6.45, 7) is 7.19. The van der Waals surface area contributed by atoms with E-state index in [2.05, 4.69) is 10.2 Å². The summed E-state index contributed by atoms with van der Waals surface area (Å²) in [6, 6.07) is 3.66. The molecule has 0 saturated heterocycles. The van der Waals surface area contributed by atoms with E-state index >= 15 is 0 Å². The van der Waals surface area contributed by atoms with Crippen LogP contribution in [0.2, 0.25) is 0 Å². The Kier molecular flexibility index (Phi) is 4.96. The van der Waals surface area contributed by atoms with Crippen molar-refractivity contribution in [2.75, 3.05) is 19.8 Å². The van der Waals surface area contributed by atoms with Gasteiger partial charge in [0, 0.05) is 13.2 Å². The van der Waals surface area contributed by atoms with Crippen LogP contribution >= 0.6 is 0 Å². The van der Waals surface area contributed by atoms with Crippen LogP contribution in [0.1, 0.15) is 34.5 Å². The lowest BCUT2D eigenvalue weighted by Crippen LogP contribution is -2.39. The minimum Gasteiger partial charge on any atom is -0.390 e. The summed E-state index contributed by atoms with van der Waals surface area (Å²) < 4.78 is 8.94. The van der Waals surface area contributed by atoms with Crippen LogP contribution in [0.3, 0.4) is 0 Å². The van der Waals surface area contributed by atoms with Crippen LogP contribution < -0.4 is 0 Å². The maximum absolute atomic E-state index is 12.9. The number of amides is 1. The maximum Gasteiger partial charge on any atom is 0.272 e. The first-order valence-corrected chi connectivity index (χ1v) is 8.20. The molecule has 0 fully saturated rings. The van der Waals surface area contributed by atoms with Gasteiger partial charge in [-0.3, -0.25) is 14.2 Å². The Balaban J connectivity index is 1.75. The van der Waals surface area contributed by atoms with Crippen molar-refractivity contribution in [3.63, 3.8) is 0 Å². The average molecular weight is 333 g/mol. The van der Waals surface area contributed by atoms with Gasteiger partial charge in [-0.2, -0.15) is 10.2 Å². The van der Waals surface area contributed by atoms with Crippen molar-refractivity contribution in [3.8, 4) is 0 Å². The molecule has 8 heteroatoms. The van der Waals surface area contributed by atoms with Crippen LogP contribution in [0.5, 0.6) is 0 Å². The summed E-state index contributed by atoms with van der Waals surface area (Å²) in [6.07, 6.45) is 0. The highest BCUT2D eigenvalue weighted by atomic mass is 16.5. The number of aliphatic hydroxyl groups excluding tert-OH is 1. The molecule has 2 aromatic heterocycles. The summed E-state index contributed by atoms with van der Waals surface area (Å²) in [5, 5.41) is 17.9. The predicted octanol–water partition coefficient (Wildman–Crippen LogP) is 0.573. The lowest BCUT2D eigenvalue weighted by Gasteiger charge is -2.27. The van der Waals surface area contributed by atoms with Crippen molar-refractivity contribution >= 4 is 5.91 Å². The number of aromatic nitrogens is 4. The van der Waals surface area contributed by atoms with Crippen molar-refractivity contribution in [3.05, 3.63) is 34.9 Å². The van der Waals surface area contributed by atoms with Gasteiger partial charge < -0.3 is 14.7 Å². The summed E-state index contributed by atoms with van der Waals surface area (Å²) in [5.41, 5.74) is 2.98. The van der Waals surface area contributed by atoms with Crippen LogP contribution in [0, 0.1) is 6.92 Å². The highest BCUT2D eigenvalue weighted by Gasteiger charge is 2.25. The lowest BCUT2D eigenvalue weighted by atomic mass is 10.2. The molecule has 0 aliphatic carbocycles. The third-order valence-electron chi connectivity index (χ3n) is 4.07. The van der Waals surface area contributed by atoms with Crippen molar-refractivity contribution < 1.29 is 14.6 Å². The lowest BCUT2D eigenvalue weighted by molar-refractivity contribution is 0.0688. The zero-order valence-electron chi connectivity index (χ0n) is 14.1. The van der Waals surface area contributed by atoms with Gasteiger partial charge in [0.05, 0.1) is 49.9 Å². The molecule has 3 rings (SSSR count). The van der Waals surface area contributed by atoms with E-state index in [-0.39, 0.29) is 12.5 Å². The molecule has 1 aliphatic heterocycles. The summed E-state index contributed by atoms with van der Waals surface area (Å²) in [4.78, 5) is 14.7. The number of fused-ring (bicyclic) bond motifs is 1.